The fraction of sp³-hybridized carbons (Fsp3) is 0.296. The first-order valence-electron chi connectivity index (χ1n) is 11.8. The molecular weight excluding hydrogens is 478 g/mol. The molecule has 1 aliphatic rings. The average molecular weight is 510 g/mol. The van der Waals surface area contributed by atoms with Gasteiger partial charge in [-0.2, -0.15) is 0 Å². The van der Waals surface area contributed by atoms with Crippen LogP contribution < -0.4 is 19.1 Å². The number of amides is 1. The smallest absolute Gasteiger partial charge is 0.254 e. The van der Waals surface area contributed by atoms with Crippen LogP contribution in [0.2, 0.25) is 0 Å². The van der Waals surface area contributed by atoms with Gasteiger partial charge in [-0.15, -0.1) is 0 Å². The second-order valence-electron chi connectivity index (χ2n) is 8.48. The Labute approximate surface area is 212 Å². The molecule has 0 saturated carbocycles. The van der Waals surface area contributed by atoms with E-state index in [4.69, 9.17) is 9.47 Å². The molecule has 1 fully saturated rings. The Kier molecular flexibility index (Phi) is 8.12. The van der Waals surface area contributed by atoms with Crippen LogP contribution in [0.1, 0.15) is 15.9 Å². The molecule has 3 aromatic rings. The lowest BCUT2D eigenvalue weighted by atomic mass is 10.1. The molecule has 8 nitrogen and oxygen atoms in total. The van der Waals surface area contributed by atoms with E-state index < -0.39 is 10.0 Å². The molecule has 0 spiro atoms. The van der Waals surface area contributed by atoms with E-state index in [0.717, 1.165) is 17.0 Å². The summed E-state index contributed by atoms with van der Waals surface area (Å²) in [7, 11) is -0.825. The molecule has 36 heavy (non-hydrogen) atoms. The fourth-order valence-electron chi connectivity index (χ4n) is 4.22. The molecule has 1 amide bonds. The molecule has 3 aromatic carbocycles. The molecule has 1 heterocycles. The van der Waals surface area contributed by atoms with Crippen molar-refractivity contribution in [1.82, 2.24) is 9.62 Å². The van der Waals surface area contributed by atoms with Crippen LogP contribution in [0, 0.1) is 0 Å². The Balaban J connectivity index is 1.42. The van der Waals surface area contributed by atoms with Crippen molar-refractivity contribution in [2.45, 2.75) is 11.3 Å². The van der Waals surface area contributed by atoms with Crippen molar-refractivity contribution in [1.29, 1.82) is 0 Å². The van der Waals surface area contributed by atoms with Crippen LogP contribution in [0.3, 0.4) is 0 Å². The highest BCUT2D eigenvalue weighted by Crippen LogP contribution is 2.26. The third-order valence-corrected chi connectivity index (χ3v) is 7.74. The number of methoxy groups -OCH3 is 2. The third kappa shape index (κ3) is 5.98. The minimum absolute atomic E-state index is 0.0409. The number of nitrogens with zero attached hydrogens (tertiary/aromatic N) is 2. The van der Waals surface area contributed by atoms with E-state index >= 15 is 0 Å². The molecule has 4 rings (SSSR count). The Morgan fingerprint density at radius 2 is 1.58 bits per heavy atom. The monoisotopic (exact) mass is 509 g/mol. The van der Waals surface area contributed by atoms with Gasteiger partial charge in [0.15, 0.2) is 0 Å². The van der Waals surface area contributed by atoms with Crippen molar-refractivity contribution in [3.8, 4) is 11.5 Å². The number of nitrogens with one attached hydrogen (secondary N) is 1. The average Bonchev–Trinajstić information content (AvgIpc) is 2.93. The number of rotatable bonds is 9. The molecule has 0 aliphatic carbocycles. The zero-order chi connectivity index (χ0) is 25.5. The molecular formula is C27H31N3O5S. The Morgan fingerprint density at radius 1 is 0.889 bits per heavy atom. The lowest BCUT2D eigenvalue weighted by molar-refractivity contribution is 0.0746. The highest BCUT2D eigenvalue weighted by molar-refractivity contribution is 7.89. The highest BCUT2D eigenvalue weighted by Gasteiger charge is 2.26. The maximum Gasteiger partial charge on any atom is 0.254 e. The normalized spacial score (nSPS) is 13.9. The maximum absolute atomic E-state index is 13.2. The largest absolute Gasteiger partial charge is 0.497 e. The lowest BCUT2D eigenvalue weighted by Crippen LogP contribution is -2.48. The van der Waals surface area contributed by atoms with Gasteiger partial charge in [-0.3, -0.25) is 4.79 Å². The summed E-state index contributed by atoms with van der Waals surface area (Å²) in [6.07, 6.45) is 0.555. The van der Waals surface area contributed by atoms with Gasteiger partial charge in [-0.25, -0.2) is 13.1 Å². The Bertz CT molecular complexity index is 1270. The number of sulfonamides is 1. The summed E-state index contributed by atoms with van der Waals surface area (Å²) in [6, 6.07) is 22.0. The minimum Gasteiger partial charge on any atom is -0.497 e. The van der Waals surface area contributed by atoms with Gasteiger partial charge in [-0.1, -0.05) is 30.3 Å². The second kappa shape index (κ2) is 11.5. The predicted octanol–water partition coefficient (Wildman–Crippen LogP) is 3.19. The van der Waals surface area contributed by atoms with Gasteiger partial charge in [0.05, 0.1) is 14.2 Å². The van der Waals surface area contributed by atoms with Crippen LogP contribution in [0.25, 0.3) is 0 Å². The first-order valence-corrected chi connectivity index (χ1v) is 13.3. The summed E-state index contributed by atoms with van der Waals surface area (Å²) in [5.74, 6) is 0.795. The molecule has 0 bridgehead atoms. The molecule has 0 atom stereocenters. The fourth-order valence-corrected chi connectivity index (χ4v) is 5.44. The van der Waals surface area contributed by atoms with Gasteiger partial charge in [0.2, 0.25) is 10.0 Å². The standard InChI is InChI=1S/C27H31N3O5S/c1-34-24-11-9-23(10-12-24)29-16-18-30(19-17-29)27(31)22-8-13-25(35-2)26(20-22)36(32,33)28-15-14-21-6-4-3-5-7-21/h3-13,20,28H,14-19H2,1-2H3. The van der Waals surface area contributed by atoms with Gasteiger partial charge < -0.3 is 19.3 Å². The summed E-state index contributed by atoms with van der Waals surface area (Å²) in [4.78, 5) is 17.2. The SMILES string of the molecule is COc1ccc(N2CCN(C(=O)c3ccc(OC)c(S(=O)(=O)NCCc4ccccc4)c3)CC2)cc1. The van der Waals surface area contributed by atoms with Crippen LogP contribution in [0.4, 0.5) is 5.69 Å². The molecule has 1 aliphatic heterocycles. The first-order chi connectivity index (χ1) is 17.4. The van der Waals surface area contributed by atoms with E-state index in [1.54, 1.807) is 18.1 Å². The molecule has 1 saturated heterocycles. The zero-order valence-corrected chi connectivity index (χ0v) is 21.3. The van der Waals surface area contributed by atoms with Crippen LogP contribution in [-0.4, -0.2) is 66.2 Å². The highest BCUT2D eigenvalue weighted by atomic mass is 32.2. The van der Waals surface area contributed by atoms with Gasteiger partial charge in [0.1, 0.15) is 16.4 Å². The molecule has 190 valence electrons. The number of hydrogen-bond donors (Lipinski definition) is 1. The summed E-state index contributed by atoms with van der Waals surface area (Å²) in [5.41, 5.74) is 2.42. The molecule has 0 unspecified atom stereocenters. The summed E-state index contributed by atoms with van der Waals surface area (Å²) < 4.78 is 39.3. The third-order valence-electron chi connectivity index (χ3n) is 6.25. The number of carbonyl (C=O) groups is 1. The van der Waals surface area contributed by atoms with E-state index in [1.165, 1.54) is 19.2 Å². The second-order valence-corrected chi connectivity index (χ2v) is 10.2. The van der Waals surface area contributed by atoms with Gasteiger partial charge >= 0.3 is 0 Å². The van der Waals surface area contributed by atoms with Gasteiger partial charge in [0, 0.05) is 44.0 Å². The van der Waals surface area contributed by atoms with E-state index in [0.29, 0.717) is 38.2 Å². The summed E-state index contributed by atoms with van der Waals surface area (Å²) in [6.45, 7) is 2.67. The van der Waals surface area contributed by atoms with Crippen molar-refractivity contribution in [2.24, 2.45) is 0 Å². The van der Waals surface area contributed by atoms with Crippen molar-refractivity contribution >= 4 is 21.6 Å². The summed E-state index contributed by atoms with van der Waals surface area (Å²) >= 11 is 0. The quantitative estimate of drug-likeness (QED) is 0.477. The van der Waals surface area contributed by atoms with E-state index in [9.17, 15) is 13.2 Å². The molecule has 9 heteroatoms. The molecule has 1 N–H and O–H groups in total. The van der Waals surface area contributed by atoms with Gasteiger partial charge in [-0.05, 0) is 54.4 Å². The lowest BCUT2D eigenvalue weighted by Gasteiger charge is -2.36. The number of piperazine rings is 1. The van der Waals surface area contributed by atoms with Crippen molar-refractivity contribution < 1.29 is 22.7 Å². The first kappa shape index (κ1) is 25.5. The van der Waals surface area contributed by atoms with Crippen LogP contribution in [0.5, 0.6) is 11.5 Å². The maximum atomic E-state index is 13.2. The van der Waals surface area contributed by atoms with E-state index in [-0.39, 0.29) is 23.1 Å². The predicted molar refractivity (Wildman–Crippen MR) is 139 cm³/mol. The number of benzene rings is 3. The van der Waals surface area contributed by atoms with Crippen LogP contribution >= 0.6 is 0 Å². The van der Waals surface area contributed by atoms with Gasteiger partial charge in [0.25, 0.3) is 5.91 Å². The molecule has 0 radical (unpaired) electrons. The van der Waals surface area contributed by atoms with Crippen molar-refractivity contribution in [3.63, 3.8) is 0 Å². The van der Waals surface area contributed by atoms with Crippen LogP contribution in [-0.2, 0) is 16.4 Å². The number of hydrogen-bond acceptors (Lipinski definition) is 6. The van der Waals surface area contributed by atoms with Crippen molar-refractivity contribution in [3.05, 3.63) is 83.9 Å². The number of carbonyl (C=O) groups excluding carboxylic acids is 1. The van der Waals surface area contributed by atoms with E-state index in [2.05, 4.69) is 9.62 Å². The number of anilines is 1. The topological polar surface area (TPSA) is 88.2 Å². The molecule has 0 aromatic heterocycles. The van der Waals surface area contributed by atoms with Crippen LogP contribution in [0.15, 0.2) is 77.7 Å². The zero-order valence-electron chi connectivity index (χ0n) is 20.5. The summed E-state index contributed by atoms with van der Waals surface area (Å²) in [5, 5.41) is 0. The minimum atomic E-state index is -3.87. The number of ether oxygens (including phenoxy) is 2. The Hall–Kier alpha value is -3.56. The van der Waals surface area contributed by atoms with E-state index in [1.807, 2.05) is 54.6 Å². The Morgan fingerprint density at radius 3 is 2.22 bits per heavy atom. The van der Waals surface area contributed by atoms with Crippen molar-refractivity contribution in [2.75, 3.05) is 51.8 Å².